The number of nitrogens with one attached hydrogen (secondary N) is 1. The lowest BCUT2D eigenvalue weighted by molar-refractivity contribution is -0.157. The standard InChI is InChI=1S/C28H33F3N2O4/c1-4-35-26(34)27(3)14-5-15-33(18-27)16-20-6-12-23(13-7-20)36-17-24-19(2)37-25(32-24)21-8-10-22(11-9-21)28(29,30)31/h6-13,25,32H,4-5,14-18H2,1-3H3. The molecule has 2 unspecified atom stereocenters. The average molecular weight is 519 g/mol. The van der Waals surface area contributed by atoms with Crippen LogP contribution in [0.15, 0.2) is 60.0 Å². The monoisotopic (exact) mass is 518 g/mol. The number of alkyl halides is 3. The van der Waals surface area contributed by atoms with Crippen molar-refractivity contribution in [2.45, 2.75) is 52.6 Å². The fraction of sp³-hybridized carbons (Fsp3) is 0.464. The SMILES string of the molecule is CCOC(=O)C1(C)CCCN(Cc2ccc(OCC3=C(C)OC(c4ccc(C(F)(F)F)cc4)N3)cc2)C1. The van der Waals surface area contributed by atoms with Crippen LogP contribution in [0.25, 0.3) is 0 Å². The van der Waals surface area contributed by atoms with Gasteiger partial charge in [0, 0.05) is 18.7 Å². The first-order valence-corrected chi connectivity index (χ1v) is 12.5. The van der Waals surface area contributed by atoms with Crippen molar-refractivity contribution in [1.82, 2.24) is 10.2 Å². The van der Waals surface area contributed by atoms with E-state index in [2.05, 4.69) is 10.2 Å². The zero-order chi connectivity index (χ0) is 26.6. The first kappa shape index (κ1) is 26.9. The van der Waals surface area contributed by atoms with Gasteiger partial charge in [-0.1, -0.05) is 24.3 Å². The summed E-state index contributed by atoms with van der Waals surface area (Å²) in [7, 11) is 0. The molecule has 1 N–H and O–H groups in total. The Morgan fingerprint density at radius 2 is 1.86 bits per heavy atom. The van der Waals surface area contributed by atoms with E-state index < -0.39 is 23.4 Å². The van der Waals surface area contributed by atoms with E-state index in [0.717, 1.165) is 49.3 Å². The number of rotatable bonds is 8. The van der Waals surface area contributed by atoms with Crippen molar-refractivity contribution in [1.29, 1.82) is 0 Å². The summed E-state index contributed by atoms with van der Waals surface area (Å²) in [5.41, 5.74) is 1.29. The molecule has 0 bridgehead atoms. The van der Waals surface area contributed by atoms with Crippen molar-refractivity contribution in [2.24, 2.45) is 5.41 Å². The van der Waals surface area contributed by atoms with Gasteiger partial charge in [-0.2, -0.15) is 13.2 Å². The second-order valence-electron chi connectivity index (χ2n) is 9.82. The number of halogens is 3. The van der Waals surface area contributed by atoms with Crippen LogP contribution in [0.3, 0.4) is 0 Å². The largest absolute Gasteiger partial charge is 0.487 e. The molecule has 1 fully saturated rings. The summed E-state index contributed by atoms with van der Waals surface area (Å²) in [6, 6.07) is 12.8. The van der Waals surface area contributed by atoms with Gasteiger partial charge in [-0.05, 0) is 70.0 Å². The molecule has 1 saturated heterocycles. The maximum atomic E-state index is 12.8. The minimum absolute atomic E-state index is 0.127. The molecular formula is C28H33F3N2O4. The lowest BCUT2D eigenvalue weighted by atomic mass is 9.82. The first-order chi connectivity index (χ1) is 17.6. The van der Waals surface area contributed by atoms with Crippen molar-refractivity contribution in [3.05, 3.63) is 76.7 Å². The summed E-state index contributed by atoms with van der Waals surface area (Å²) >= 11 is 0. The van der Waals surface area contributed by atoms with Gasteiger partial charge in [-0.25, -0.2) is 0 Å². The fourth-order valence-corrected chi connectivity index (χ4v) is 4.73. The van der Waals surface area contributed by atoms with Crippen LogP contribution in [0.5, 0.6) is 5.75 Å². The Balaban J connectivity index is 1.28. The normalized spacial score (nSPS) is 22.4. The van der Waals surface area contributed by atoms with E-state index in [4.69, 9.17) is 14.2 Å². The quantitative estimate of drug-likeness (QED) is 0.446. The topological polar surface area (TPSA) is 60.0 Å². The van der Waals surface area contributed by atoms with Crippen LogP contribution < -0.4 is 10.1 Å². The van der Waals surface area contributed by atoms with Gasteiger partial charge in [-0.15, -0.1) is 0 Å². The van der Waals surface area contributed by atoms with E-state index >= 15 is 0 Å². The zero-order valence-electron chi connectivity index (χ0n) is 21.4. The highest BCUT2D eigenvalue weighted by Gasteiger charge is 2.39. The van der Waals surface area contributed by atoms with Crippen LogP contribution >= 0.6 is 0 Å². The third kappa shape index (κ3) is 6.57. The van der Waals surface area contributed by atoms with Crippen molar-refractivity contribution in [2.75, 3.05) is 26.3 Å². The number of nitrogens with zero attached hydrogens (tertiary/aromatic N) is 1. The molecule has 0 radical (unpaired) electrons. The zero-order valence-corrected chi connectivity index (χ0v) is 21.4. The van der Waals surface area contributed by atoms with Crippen LogP contribution in [0.1, 0.15) is 56.5 Å². The van der Waals surface area contributed by atoms with Gasteiger partial charge in [0.1, 0.15) is 18.1 Å². The van der Waals surface area contributed by atoms with E-state index in [9.17, 15) is 18.0 Å². The smallest absolute Gasteiger partial charge is 0.416 e. The average Bonchev–Trinajstić information content (AvgIpc) is 3.24. The minimum Gasteiger partial charge on any atom is -0.487 e. The molecule has 2 aliphatic heterocycles. The van der Waals surface area contributed by atoms with E-state index in [-0.39, 0.29) is 12.6 Å². The molecule has 2 aliphatic rings. The van der Waals surface area contributed by atoms with Gasteiger partial charge in [0.15, 0.2) is 6.23 Å². The second kappa shape index (κ2) is 11.0. The van der Waals surface area contributed by atoms with Crippen molar-refractivity contribution in [3.8, 4) is 5.75 Å². The predicted octanol–water partition coefficient (Wildman–Crippen LogP) is 5.80. The third-order valence-electron chi connectivity index (χ3n) is 6.82. The number of piperidine rings is 1. The molecule has 4 rings (SSSR count). The van der Waals surface area contributed by atoms with E-state index in [1.807, 2.05) is 38.1 Å². The maximum Gasteiger partial charge on any atom is 0.416 e. The molecule has 200 valence electrons. The summed E-state index contributed by atoms with van der Waals surface area (Å²) in [6.07, 6.45) is -3.15. The fourth-order valence-electron chi connectivity index (χ4n) is 4.73. The van der Waals surface area contributed by atoms with Crippen LogP contribution in [0.4, 0.5) is 13.2 Å². The molecule has 0 amide bonds. The molecular weight excluding hydrogens is 485 g/mol. The number of likely N-dealkylation sites (tertiary alicyclic amines) is 1. The number of hydrogen-bond acceptors (Lipinski definition) is 6. The Hall–Kier alpha value is -3.20. The van der Waals surface area contributed by atoms with Gasteiger partial charge in [0.05, 0.1) is 23.3 Å². The van der Waals surface area contributed by atoms with Crippen LogP contribution in [0.2, 0.25) is 0 Å². The molecule has 2 aromatic carbocycles. The van der Waals surface area contributed by atoms with Crippen molar-refractivity contribution in [3.63, 3.8) is 0 Å². The second-order valence-corrected chi connectivity index (χ2v) is 9.82. The number of allylic oxidation sites excluding steroid dienone is 1. The highest BCUT2D eigenvalue weighted by Crippen LogP contribution is 2.33. The Morgan fingerprint density at radius 3 is 2.51 bits per heavy atom. The van der Waals surface area contributed by atoms with Crippen LogP contribution in [-0.2, 0) is 27.0 Å². The van der Waals surface area contributed by atoms with Gasteiger partial charge < -0.3 is 19.5 Å². The van der Waals surface area contributed by atoms with Crippen molar-refractivity contribution >= 4 is 5.97 Å². The maximum absolute atomic E-state index is 12.8. The van der Waals surface area contributed by atoms with Gasteiger partial charge in [-0.3, -0.25) is 9.69 Å². The number of carbonyl (C=O) groups excluding carboxylic acids is 1. The Bertz CT molecular complexity index is 1120. The van der Waals surface area contributed by atoms with Gasteiger partial charge in [0.2, 0.25) is 0 Å². The summed E-state index contributed by atoms with van der Waals surface area (Å²) in [4.78, 5) is 14.7. The highest BCUT2D eigenvalue weighted by atomic mass is 19.4. The Kier molecular flexibility index (Phi) is 8.02. The predicted molar refractivity (Wildman–Crippen MR) is 132 cm³/mol. The summed E-state index contributed by atoms with van der Waals surface area (Å²) in [5.74, 6) is 1.20. The van der Waals surface area contributed by atoms with Gasteiger partial charge >= 0.3 is 12.1 Å². The Morgan fingerprint density at radius 1 is 1.16 bits per heavy atom. The molecule has 2 atom stereocenters. The van der Waals surface area contributed by atoms with E-state index in [0.29, 0.717) is 30.2 Å². The van der Waals surface area contributed by atoms with E-state index in [1.54, 1.807) is 6.92 Å². The number of ether oxygens (including phenoxy) is 3. The molecule has 6 nitrogen and oxygen atoms in total. The molecule has 0 spiro atoms. The molecule has 2 heterocycles. The first-order valence-electron chi connectivity index (χ1n) is 12.5. The number of benzene rings is 2. The summed E-state index contributed by atoms with van der Waals surface area (Å²) < 4.78 is 55.5. The van der Waals surface area contributed by atoms with Crippen LogP contribution in [-0.4, -0.2) is 37.2 Å². The van der Waals surface area contributed by atoms with Crippen LogP contribution in [0, 0.1) is 5.41 Å². The number of esters is 1. The lowest BCUT2D eigenvalue weighted by Crippen LogP contribution is -2.46. The van der Waals surface area contributed by atoms with E-state index in [1.165, 1.54) is 12.1 Å². The molecule has 0 aromatic heterocycles. The third-order valence-corrected chi connectivity index (χ3v) is 6.82. The highest BCUT2D eigenvalue weighted by molar-refractivity contribution is 5.76. The summed E-state index contributed by atoms with van der Waals surface area (Å²) in [5, 5.41) is 3.18. The lowest BCUT2D eigenvalue weighted by Gasteiger charge is -2.38. The molecule has 2 aromatic rings. The minimum atomic E-state index is -4.37. The molecule has 37 heavy (non-hydrogen) atoms. The molecule has 0 saturated carbocycles. The molecule has 9 heteroatoms. The van der Waals surface area contributed by atoms with Crippen molar-refractivity contribution < 1.29 is 32.2 Å². The number of carbonyl (C=O) groups is 1. The number of hydrogen-bond donors (Lipinski definition) is 1. The Labute approximate surface area is 215 Å². The summed E-state index contributed by atoms with van der Waals surface area (Å²) in [6.45, 7) is 8.58. The molecule has 0 aliphatic carbocycles. The van der Waals surface area contributed by atoms with Gasteiger partial charge in [0.25, 0.3) is 0 Å².